The summed E-state index contributed by atoms with van der Waals surface area (Å²) in [6.07, 6.45) is 2.02. The summed E-state index contributed by atoms with van der Waals surface area (Å²) in [6.45, 7) is 4.48. The summed E-state index contributed by atoms with van der Waals surface area (Å²) >= 11 is 0. The van der Waals surface area contributed by atoms with Crippen LogP contribution < -0.4 is 10.6 Å². The van der Waals surface area contributed by atoms with Crippen LogP contribution in [0, 0.1) is 17.2 Å². The molecule has 0 spiro atoms. The number of carboxylic acid groups (broad SMARTS) is 1. The van der Waals surface area contributed by atoms with Gasteiger partial charge in [0.05, 0.1) is 0 Å². The van der Waals surface area contributed by atoms with Gasteiger partial charge in [-0.25, -0.2) is 4.79 Å². The Morgan fingerprint density at radius 2 is 2.10 bits per heavy atom. The van der Waals surface area contributed by atoms with E-state index in [1.807, 2.05) is 0 Å². The number of hydrogen-bond donors (Lipinski definition) is 3. The van der Waals surface area contributed by atoms with Gasteiger partial charge in [-0.3, -0.25) is 4.79 Å². The number of nitrogens with zero attached hydrogens (tertiary/aromatic N) is 1. The third-order valence-electron chi connectivity index (χ3n) is 2.50. The highest BCUT2D eigenvalue weighted by atomic mass is 16.5. The summed E-state index contributed by atoms with van der Waals surface area (Å²) in [5.74, 6) is -2.10. The van der Waals surface area contributed by atoms with E-state index in [2.05, 4.69) is 10.6 Å². The maximum Gasteiger partial charge on any atom is 0.326 e. The molecular weight excluding hydrogens is 262 g/mol. The SMILES string of the molecule is COCCCN/C=C(/C#N)C(=O)NC(C(=O)O)C(C)C. The van der Waals surface area contributed by atoms with E-state index in [4.69, 9.17) is 15.1 Å². The zero-order valence-corrected chi connectivity index (χ0v) is 12.0. The molecule has 0 aromatic heterocycles. The molecule has 1 atom stereocenters. The number of ether oxygens (including phenoxy) is 1. The smallest absolute Gasteiger partial charge is 0.326 e. The third kappa shape index (κ3) is 6.75. The van der Waals surface area contributed by atoms with Crippen LogP contribution in [0.2, 0.25) is 0 Å². The van der Waals surface area contributed by atoms with E-state index >= 15 is 0 Å². The zero-order chi connectivity index (χ0) is 15.5. The van der Waals surface area contributed by atoms with E-state index in [9.17, 15) is 9.59 Å². The van der Waals surface area contributed by atoms with Gasteiger partial charge in [0.15, 0.2) is 0 Å². The summed E-state index contributed by atoms with van der Waals surface area (Å²) in [4.78, 5) is 22.8. The van der Waals surface area contributed by atoms with Crippen molar-refractivity contribution in [3.05, 3.63) is 11.8 Å². The molecular formula is C13H21N3O4. The number of nitriles is 1. The van der Waals surface area contributed by atoms with E-state index in [0.717, 1.165) is 6.42 Å². The Bertz CT molecular complexity index is 399. The van der Waals surface area contributed by atoms with E-state index in [1.54, 1.807) is 27.0 Å². The fourth-order valence-electron chi connectivity index (χ4n) is 1.37. The van der Waals surface area contributed by atoms with Crippen LogP contribution in [-0.2, 0) is 14.3 Å². The molecule has 0 fully saturated rings. The Labute approximate surface area is 118 Å². The highest BCUT2D eigenvalue weighted by molar-refractivity contribution is 5.99. The monoisotopic (exact) mass is 283 g/mol. The average molecular weight is 283 g/mol. The van der Waals surface area contributed by atoms with Gasteiger partial charge in [-0.2, -0.15) is 5.26 Å². The topological polar surface area (TPSA) is 111 Å². The van der Waals surface area contributed by atoms with Gasteiger partial charge in [-0.15, -0.1) is 0 Å². The molecule has 1 amide bonds. The van der Waals surface area contributed by atoms with Crippen LogP contribution in [0.15, 0.2) is 11.8 Å². The molecule has 1 unspecified atom stereocenters. The Kier molecular flexibility index (Phi) is 8.79. The number of methoxy groups -OCH3 is 1. The average Bonchev–Trinajstić information content (AvgIpc) is 2.39. The molecule has 0 aromatic carbocycles. The quantitative estimate of drug-likeness (QED) is 0.317. The lowest BCUT2D eigenvalue weighted by molar-refractivity contribution is -0.142. The predicted molar refractivity (Wildman–Crippen MR) is 72.6 cm³/mol. The molecule has 0 aliphatic carbocycles. The number of amides is 1. The molecule has 0 aromatic rings. The van der Waals surface area contributed by atoms with E-state index in [0.29, 0.717) is 13.2 Å². The summed E-state index contributed by atoms with van der Waals surface area (Å²) in [6, 6.07) is 0.718. The van der Waals surface area contributed by atoms with Gasteiger partial charge in [-0.1, -0.05) is 13.8 Å². The van der Waals surface area contributed by atoms with Gasteiger partial charge in [0.2, 0.25) is 0 Å². The van der Waals surface area contributed by atoms with Gasteiger partial charge in [-0.05, 0) is 12.3 Å². The normalized spacial score (nSPS) is 12.7. The molecule has 0 heterocycles. The number of carbonyl (C=O) groups is 2. The number of nitrogens with one attached hydrogen (secondary N) is 2. The summed E-state index contributed by atoms with van der Waals surface area (Å²) < 4.78 is 4.86. The van der Waals surface area contributed by atoms with Gasteiger partial charge in [0.25, 0.3) is 5.91 Å². The number of hydrogen-bond acceptors (Lipinski definition) is 5. The fourth-order valence-corrected chi connectivity index (χ4v) is 1.37. The maximum absolute atomic E-state index is 11.8. The molecule has 3 N–H and O–H groups in total. The minimum Gasteiger partial charge on any atom is -0.480 e. The first kappa shape index (κ1) is 17.9. The van der Waals surface area contributed by atoms with E-state index in [-0.39, 0.29) is 11.5 Å². The van der Waals surface area contributed by atoms with Crippen molar-refractivity contribution in [3.63, 3.8) is 0 Å². The standard InChI is InChI=1S/C13H21N3O4/c1-9(2)11(13(18)19)16-12(17)10(7-14)8-15-5-4-6-20-3/h8-9,11,15H,4-6H2,1-3H3,(H,16,17)(H,18,19)/b10-8-. The van der Waals surface area contributed by atoms with Crippen LogP contribution in [-0.4, -0.2) is 43.3 Å². The lowest BCUT2D eigenvalue weighted by atomic mass is 10.0. The van der Waals surface area contributed by atoms with Crippen LogP contribution in [0.3, 0.4) is 0 Å². The molecule has 7 heteroatoms. The van der Waals surface area contributed by atoms with Crippen LogP contribution in [0.1, 0.15) is 20.3 Å². The number of carbonyl (C=O) groups excluding carboxylic acids is 1. The molecule has 0 rings (SSSR count). The highest BCUT2D eigenvalue weighted by Gasteiger charge is 2.24. The molecule has 20 heavy (non-hydrogen) atoms. The van der Waals surface area contributed by atoms with E-state index < -0.39 is 17.9 Å². The second-order valence-electron chi connectivity index (χ2n) is 4.50. The molecule has 0 bridgehead atoms. The number of carboxylic acids is 1. The molecule has 0 aliphatic heterocycles. The minimum absolute atomic E-state index is 0.158. The Morgan fingerprint density at radius 3 is 2.55 bits per heavy atom. The second-order valence-corrected chi connectivity index (χ2v) is 4.50. The second kappa shape index (κ2) is 9.81. The Morgan fingerprint density at radius 1 is 1.45 bits per heavy atom. The first-order valence-corrected chi connectivity index (χ1v) is 6.30. The minimum atomic E-state index is -1.13. The van der Waals surface area contributed by atoms with Crippen LogP contribution in [0.4, 0.5) is 0 Å². The lowest BCUT2D eigenvalue weighted by Crippen LogP contribution is -2.44. The van der Waals surface area contributed by atoms with Crippen molar-refractivity contribution < 1.29 is 19.4 Å². The van der Waals surface area contributed by atoms with Gasteiger partial charge in [0, 0.05) is 26.5 Å². The zero-order valence-electron chi connectivity index (χ0n) is 12.0. The van der Waals surface area contributed by atoms with Gasteiger partial charge < -0.3 is 20.5 Å². The Balaban J connectivity index is 4.50. The number of rotatable bonds is 9. The van der Waals surface area contributed by atoms with Crippen molar-refractivity contribution in [1.82, 2.24) is 10.6 Å². The first-order valence-electron chi connectivity index (χ1n) is 6.30. The highest BCUT2D eigenvalue weighted by Crippen LogP contribution is 2.03. The molecule has 112 valence electrons. The van der Waals surface area contributed by atoms with Crippen molar-refractivity contribution in [2.45, 2.75) is 26.3 Å². The van der Waals surface area contributed by atoms with Crippen molar-refractivity contribution in [2.24, 2.45) is 5.92 Å². The van der Waals surface area contributed by atoms with Gasteiger partial charge in [0.1, 0.15) is 17.7 Å². The summed E-state index contributed by atoms with van der Waals surface area (Å²) in [5, 5.41) is 23.0. The molecule has 0 saturated heterocycles. The molecule has 7 nitrogen and oxygen atoms in total. The van der Waals surface area contributed by atoms with Crippen LogP contribution in [0.5, 0.6) is 0 Å². The third-order valence-corrected chi connectivity index (χ3v) is 2.50. The van der Waals surface area contributed by atoms with Crippen molar-refractivity contribution in [1.29, 1.82) is 5.26 Å². The predicted octanol–water partition coefficient (Wildman–Crippen LogP) is 0.245. The summed E-state index contributed by atoms with van der Waals surface area (Å²) in [7, 11) is 1.59. The number of aliphatic carboxylic acids is 1. The summed E-state index contributed by atoms with van der Waals surface area (Å²) in [5.41, 5.74) is -0.158. The largest absolute Gasteiger partial charge is 0.480 e. The van der Waals surface area contributed by atoms with Crippen molar-refractivity contribution >= 4 is 11.9 Å². The van der Waals surface area contributed by atoms with E-state index in [1.165, 1.54) is 6.20 Å². The fraction of sp³-hybridized carbons (Fsp3) is 0.615. The van der Waals surface area contributed by atoms with Gasteiger partial charge >= 0.3 is 5.97 Å². The van der Waals surface area contributed by atoms with Crippen LogP contribution in [0.25, 0.3) is 0 Å². The Hall–Kier alpha value is -2.07. The van der Waals surface area contributed by atoms with Crippen molar-refractivity contribution in [3.8, 4) is 6.07 Å². The maximum atomic E-state index is 11.8. The van der Waals surface area contributed by atoms with Crippen molar-refractivity contribution in [2.75, 3.05) is 20.3 Å². The molecule has 0 saturated carbocycles. The molecule has 0 radical (unpaired) electrons. The first-order chi connectivity index (χ1) is 9.43. The lowest BCUT2D eigenvalue weighted by Gasteiger charge is -2.17. The molecule has 0 aliphatic rings. The van der Waals surface area contributed by atoms with Crippen LogP contribution >= 0.6 is 0 Å².